The molecule has 0 saturated heterocycles. The molecule has 1 fully saturated rings. The molecule has 138 valence electrons. The Hall–Kier alpha value is -3.22. The highest BCUT2D eigenvalue weighted by Crippen LogP contribution is 2.37. The van der Waals surface area contributed by atoms with Gasteiger partial charge in [0.2, 0.25) is 5.78 Å². The average molecular weight is 372 g/mol. The van der Waals surface area contributed by atoms with Crippen LogP contribution in [0.2, 0.25) is 0 Å². The van der Waals surface area contributed by atoms with Gasteiger partial charge in [-0.25, -0.2) is 0 Å². The van der Waals surface area contributed by atoms with E-state index in [0.717, 1.165) is 12.8 Å². The minimum absolute atomic E-state index is 0.0269. The predicted octanol–water partition coefficient (Wildman–Crippen LogP) is 4.22. The van der Waals surface area contributed by atoms with Crippen LogP contribution in [0.1, 0.15) is 28.8 Å². The summed E-state index contributed by atoms with van der Waals surface area (Å²) in [5.41, 5.74) is 0.592. The second-order valence-electron chi connectivity index (χ2n) is 6.21. The maximum Gasteiger partial charge on any atom is 0.387 e. The van der Waals surface area contributed by atoms with E-state index in [4.69, 9.17) is 9.47 Å². The zero-order chi connectivity index (χ0) is 19.0. The molecule has 1 aliphatic carbocycles. The highest BCUT2D eigenvalue weighted by atomic mass is 19.3. The standard InChI is InChI=1S/C20H14F2O5/c21-20(22)27-15-4-2-1-3-12(15)9-17-18(23)14-8-7-13(10-16(14)26-17)25-19(24)11-5-6-11/h1-4,7-11,20H,5-6H2/b17-9-. The molecule has 4 rings (SSSR count). The lowest BCUT2D eigenvalue weighted by molar-refractivity contribution is -0.135. The molecule has 1 heterocycles. The highest BCUT2D eigenvalue weighted by Gasteiger charge is 2.33. The molecular formula is C20H14F2O5. The van der Waals surface area contributed by atoms with Crippen LogP contribution in [0.4, 0.5) is 8.78 Å². The Balaban J connectivity index is 1.58. The molecule has 7 heteroatoms. The van der Waals surface area contributed by atoms with Gasteiger partial charge < -0.3 is 14.2 Å². The summed E-state index contributed by atoms with van der Waals surface area (Å²) in [6.45, 7) is -2.98. The van der Waals surface area contributed by atoms with Crippen molar-refractivity contribution in [3.63, 3.8) is 0 Å². The van der Waals surface area contributed by atoms with Crippen LogP contribution >= 0.6 is 0 Å². The van der Waals surface area contributed by atoms with Crippen molar-refractivity contribution >= 4 is 17.8 Å². The molecule has 27 heavy (non-hydrogen) atoms. The SMILES string of the molecule is O=C1/C(=C/c2ccccc2OC(F)F)Oc2cc(OC(=O)C3CC3)ccc21. The second-order valence-corrected chi connectivity index (χ2v) is 6.21. The van der Waals surface area contributed by atoms with Gasteiger partial charge in [-0.3, -0.25) is 9.59 Å². The van der Waals surface area contributed by atoms with Crippen LogP contribution in [-0.2, 0) is 4.79 Å². The Labute approximate surface area is 153 Å². The van der Waals surface area contributed by atoms with Crippen molar-refractivity contribution in [1.29, 1.82) is 0 Å². The first-order valence-corrected chi connectivity index (χ1v) is 8.35. The number of halogens is 2. The highest BCUT2D eigenvalue weighted by molar-refractivity contribution is 6.14. The van der Waals surface area contributed by atoms with Gasteiger partial charge in [-0.2, -0.15) is 8.78 Å². The van der Waals surface area contributed by atoms with Crippen molar-refractivity contribution in [2.24, 2.45) is 5.92 Å². The number of rotatable bonds is 5. The maximum atomic E-state index is 12.5. The fourth-order valence-electron chi connectivity index (χ4n) is 2.69. The van der Waals surface area contributed by atoms with E-state index in [1.165, 1.54) is 36.4 Å². The number of alkyl halides is 2. The molecule has 2 aliphatic rings. The van der Waals surface area contributed by atoms with Crippen molar-refractivity contribution in [1.82, 2.24) is 0 Å². The molecule has 0 N–H and O–H groups in total. The molecule has 2 aromatic carbocycles. The number of allylic oxidation sites excluding steroid dienone is 1. The summed E-state index contributed by atoms with van der Waals surface area (Å²) < 4.78 is 40.3. The Kier molecular flexibility index (Phi) is 4.35. The van der Waals surface area contributed by atoms with Gasteiger partial charge in [0.05, 0.1) is 11.5 Å². The monoisotopic (exact) mass is 372 g/mol. The van der Waals surface area contributed by atoms with Crippen LogP contribution in [0.15, 0.2) is 48.2 Å². The van der Waals surface area contributed by atoms with Crippen molar-refractivity contribution in [3.05, 3.63) is 59.4 Å². The van der Waals surface area contributed by atoms with Crippen LogP contribution < -0.4 is 14.2 Å². The van der Waals surface area contributed by atoms with E-state index in [1.54, 1.807) is 12.1 Å². The first-order valence-electron chi connectivity index (χ1n) is 8.35. The van der Waals surface area contributed by atoms with Gasteiger partial charge in [-0.05, 0) is 37.1 Å². The number of ether oxygens (including phenoxy) is 3. The molecule has 5 nitrogen and oxygen atoms in total. The zero-order valence-electron chi connectivity index (χ0n) is 14.0. The van der Waals surface area contributed by atoms with Gasteiger partial charge in [-0.1, -0.05) is 18.2 Å². The summed E-state index contributed by atoms with van der Waals surface area (Å²) in [6, 6.07) is 10.6. The van der Waals surface area contributed by atoms with Crippen LogP contribution in [0.25, 0.3) is 6.08 Å². The van der Waals surface area contributed by atoms with Gasteiger partial charge in [0.1, 0.15) is 17.2 Å². The molecule has 0 spiro atoms. The molecule has 0 amide bonds. The van der Waals surface area contributed by atoms with E-state index in [2.05, 4.69) is 4.74 Å². The van der Waals surface area contributed by atoms with Crippen molar-refractivity contribution in [3.8, 4) is 17.2 Å². The molecule has 0 unspecified atom stereocenters. The van der Waals surface area contributed by atoms with E-state index in [0.29, 0.717) is 11.3 Å². The van der Waals surface area contributed by atoms with Crippen LogP contribution in [0.3, 0.4) is 0 Å². The summed E-state index contributed by atoms with van der Waals surface area (Å²) in [5, 5.41) is 0. The summed E-state index contributed by atoms with van der Waals surface area (Å²) in [5.74, 6) is -0.291. The smallest absolute Gasteiger partial charge is 0.387 e. The molecule has 0 aromatic heterocycles. The van der Waals surface area contributed by atoms with Crippen molar-refractivity contribution in [2.75, 3.05) is 0 Å². The number of carbonyl (C=O) groups excluding carboxylic acids is 2. The van der Waals surface area contributed by atoms with Crippen LogP contribution in [0, 0.1) is 5.92 Å². The minimum Gasteiger partial charge on any atom is -0.452 e. The van der Waals surface area contributed by atoms with E-state index < -0.39 is 12.4 Å². The predicted molar refractivity (Wildman–Crippen MR) is 90.8 cm³/mol. The lowest BCUT2D eigenvalue weighted by Crippen LogP contribution is -2.09. The maximum absolute atomic E-state index is 12.5. The lowest BCUT2D eigenvalue weighted by atomic mass is 10.1. The zero-order valence-corrected chi connectivity index (χ0v) is 14.0. The number of esters is 1. The largest absolute Gasteiger partial charge is 0.452 e. The quantitative estimate of drug-likeness (QED) is 0.447. The summed E-state index contributed by atoms with van der Waals surface area (Å²) in [4.78, 5) is 24.3. The number of para-hydroxylation sites is 1. The molecule has 2 aromatic rings. The number of hydrogen-bond acceptors (Lipinski definition) is 5. The third kappa shape index (κ3) is 3.67. The van der Waals surface area contributed by atoms with Crippen molar-refractivity contribution in [2.45, 2.75) is 19.5 Å². The van der Waals surface area contributed by atoms with Crippen LogP contribution in [0.5, 0.6) is 17.2 Å². The Morgan fingerprint density at radius 2 is 1.96 bits per heavy atom. The Morgan fingerprint density at radius 1 is 1.19 bits per heavy atom. The van der Waals surface area contributed by atoms with E-state index >= 15 is 0 Å². The fourth-order valence-corrected chi connectivity index (χ4v) is 2.69. The summed E-state index contributed by atoms with van der Waals surface area (Å²) >= 11 is 0. The number of hydrogen-bond donors (Lipinski definition) is 0. The van der Waals surface area contributed by atoms with E-state index in [1.807, 2.05) is 0 Å². The van der Waals surface area contributed by atoms with E-state index in [9.17, 15) is 18.4 Å². The van der Waals surface area contributed by atoms with Gasteiger partial charge in [0.15, 0.2) is 5.76 Å². The number of fused-ring (bicyclic) bond motifs is 1. The Bertz CT molecular complexity index is 947. The first-order chi connectivity index (χ1) is 13.0. The fraction of sp³-hybridized carbons (Fsp3) is 0.200. The average Bonchev–Trinajstić information content (AvgIpc) is 3.43. The lowest BCUT2D eigenvalue weighted by Gasteiger charge is -2.08. The van der Waals surface area contributed by atoms with Gasteiger partial charge >= 0.3 is 12.6 Å². The summed E-state index contributed by atoms with van der Waals surface area (Å²) in [6.07, 6.45) is 2.99. The van der Waals surface area contributed by atoms with Crippen LogP contribution in [-0.4, -0.2) is 18.4 Å². The van der Waals surface area contributed by atoms with E-state index in [-0.39, 0.29) is 34.7 Å². The van der Waals surface area contributed by atoms with Gasteiger partial charge in [0.25, 0.3) is 0 Å². The number of benzene rings is 2. The Morgan fingerprint density at radius 3 is 2.70 bits per heavy atom. The molecule has 1 saturated carbocycles. The third-order valence-electron chi connectivity index (χ3n) is 4.19. The topological polar surface area (TPSA) is 61.8 Å². The molecule has 0 atom stereocenters. The molecule has 1 aliphatic heterocycles. The number of ketones is 1. The molecule has 0 bridgehead atoms. The minimum atomic E-state index is -2.98. The van der Waals surface area contributed by atoms with Crippen molar-refractivity contribution < 1.29 is 32.6 Å². The number of carbonyl (C=O) groups is 2. The third-order valence-corrected chi connectivity index (χ3v) is 4.19. The second kappa shape index (κ2) is 6.83. The summed E-state index contributed by atoms with van der Waals surface area (Å²) in [7, 11) is 0. The first kappa shape index (κ1) is 17.2. The van der Waals surface area contributed by atoms with Gasteiger partial charge in [-0.15, -0.1) is 0 Å². The van der Waals surface area contributed by atoms with Gasteiger partial charge in [0, 0.05) is 11.6 Å². The number of Topliss-reactive ketones (excluding diaryl/α,β-unsaturated/α-hetero) is 1. The molecule has 0 radical (unpaired) electrons. The normalized spacial score (nSPS) is 17.0. The molecular weight excluding hydrogens is 358 g/mol.